The van der Waals surface area contributed by atoms with Crippen molar-refractivity contribution in [3.63, 3.8) is 0 Å². The molecule has 0 saturated heterocycles. The summed E-state index contributed by atoms with van der Waals surface area (Å²) in [6.07, 6.45) is 1.52. The summed E-state index contributed by atoms with van der Waals surface area (Å²) in [6.45, 7) is 0. The van der Waals surface area contributed by atoms with Crippen LogP contribution in [0.4, 0.5) is 0 Å². The number of rotatable bonds is 0. The maximum atomic E-state index is 10.2. The Bertz CT molecular complexity index is 462. The molecule has 1 heterocycles. The van der Waals surface area contributed by atoms with Crippen molar-refractivity contribution in [1.82, 2.24) is 10.2 Å². The number of hydrogen-bond donors (Lipinski definition) is 1. The van der Waals surface area contributed by atoms with Crippen molar-refractivity contribution in [2.24, 2.45) is 0 Å². The quantitative estimate of drug-likeness (QED) is 0.668. The minimum absolute atomic E-state index is 0.164. The highest BCUT2D eigenvalue weighted by molar-refractivity contribution is 4.99. The second kappa shape index (κ2) is 10.5. The third-order valence-electron chi connectivity index (χ3n) is 1.92. The lowest BCUT2D eigenvalue weighted by Crippen LogP contribution is -2.02. The van der Waals surface area contributed by atoms with E-state index in [1.54, 1.807) is 6.07 Å². The third-order valence-corrected chi connectivity index (χ3v) is 1.92. The van der Waals surface area contributed by atoms with Gasteiger partial charge in [-0.25, -0.2) is 5.10 Å². The largest absolute Gasteiger partial charge is 0.268 e. The number of hydrogen-bond acceptors (Lipinski definition) is 2. The van der Waals surface area contributed by atoms with Crippen LogP contribution in [0.2, 0.25) is 0 Å². The molecule has 19 heavy (non-hydrogen) atoms. The monoisotopic (exact) mass is 252 g/mol. The predicted octanol–water partition coefficient (Wildman–Crippen LogP) is 3.14. The van der Waals surface area contributed by atoms with E-state index in [2.05, 4.69) is 10.2 Å². The number of benzene rings is 2. The molecule has 0 bridgehead atoms. The first-order valence-corrected chi connectivity index (χ1v) is 5.89. The van der Waals surface area contributed by atoms with Crippen molar-refractivity contribution in [2.45, 2.75) is 0 Å². The van der Waals surface area contributed by atoms with Crippen LogP contribution in [0, 0.1) is 0 Å². The average molecular weight is 252 g/mol. The van der Waals surface area contributed by atoms with E-state index in [-0.39, 0.29) is 5.56 Å². The van der Waals surface area contributed by atoms with Gasteiger partial charge in [-0.1, -0.05) is 72.8 Å². The van der Waals surface area contributed by atoms with Crippen molar-refractivity contribution in [2.75, 3.05) is 0 Å². The Kier molecular flexibility index (Phi) is 7.93. The first kappa shape index (κ1) is 14.4. The fourth-order valence-electron chi connectivity index (χ4n) is 1.08. The molecule has 0 aliphatic heterocycles. The molecule has 0 atom stereocenters. The average Bonchev–Trinajstić information content (AvgIpc) is 2.53. The van der Waals surface area contributed by atoms with Gasteiger partial charge in [0.2, 0.25) is 0 Å². The number of H-pyrrole nitrogens is 1. The zero-order valence-electron chi connectivity index (χ0n) is 10.5. The summed E-state index contributed by atoms with van der Waals surface area (Å²) in [4.78, 5) is 10.2. The van der Waals surface area contributed by atoms with Crippen LogP contribution in [0.1, 0.15) is 0 Å². The Hall–Kier alpha value is -2.68. The summed E-state index contributed by atoms with van der Waals surface area (Å²) < 4.78 is 0. The number of nitrogens with one attached hydrogen (secondary N) is 1. The molecule has 2 aromatic carbocycles. The summed E-state index contributed by atoms with van der Waals surface area (Å²) in [5.74, 6) is 0. The van der Waals surface area contributed by atoms with Gasteiger partial charge in [-0.05, 0) is 6.07 Å². The molecular weight excluding hydrogens is 236 g/mol. The second-order valence-corrected chi connectivity index (χ2v) is 3.42. The topological polar surface area (TPSA) is 45.8 Å². The van der Waals surface area contributed by atoms with Gasteiger partial charge in [0, 0.05) is 12.3 Å². The molecule has 0 radical (unpaired) electrons. The van der Waals surface area contributed by atoms with Crippen molar-refractivity contribution in [3.8, 4) is 0 Å². The van der Waals surface area contributed by atoms with Gasteiger partial charge in [0.1, 0.15) is 0 Å². The lowest BCUT2D eigenvalue weighted by Gasteiger charge is -1.72. The van der Waals surface area contributed by atoms with Crippen LogP contribution in [-0.2, 0) is 0 Å². The predicted molar refractivity (Wildman–Crippen MR) is 77.7 cm³/mol. The summed E-state index contributed by atoms with van der Waals surface area (Å²) in [5.41, 5.74) is -0.164. The van der Waals surface area contributed by atoms with Crippen LogP contribution >= 0.6 is 0 Å². The molecule has 0 unspecified atom stereocenters. The molecule has 1 aromatic heterocycles. The lowest BCUT2D eigenvalue weighted by molar-refractivity contribution is 0.988. The van der Waals surface area contributed by atoms with Crippen LogP contribution in [0.5, 0.6) is 0 Å². The zero-order chi connectivity index (χ0) is 13.6. The fourth-order valence-corrected chi connectivity index (χ4v) is 1.08. The van der Waals surface area contributed by atoms with E-state index in [0.29, 0.717) is 0 Å². The summed E-state index contributed by atoms with van der Waals surface area (Å²) in [6, 6.07) is 27.0. The van der Waals surface area contributed by atoms with Gasteiger partial charge in [-0.2, -0.15) is 5.10 Å². The van der Waals surface area contributed by atoms with Crippen LogP contribution < -0.4 is 5.56 Å². The van der Waals surface area contributed by atoms with Gasteiger partial charge in [0.05, 0.1) is 0 Å². The van der Waals surface area contributed by atoms with Gasteiger partial charge in [-0.15, -0.1) is 0 Å². The smallest absolute Gasteiger partial charge is 0.264 e. The Balaban J connectivity index is 0.000000143. The fraction of sp³-hybridized carbons (Fsp3) is 0. The van der Waals surface area contributed by atoms with Crippen molar-refractivity contribution in [3.05, 3.63) is 101 Å². The molecule has 3 rings (SSSR count). The Labute approximate surface area is 112 Å². The summed E-state index contributed by atoms with van der Waals surface area (Å²) in [5, 5.41) is 5.67. The molecule has 0 amide bonds. The first-order chi connectivity index (χ1) is 9.39. The SMILES string of the molecule is O=c1cccn[nH]1.c1ccccc1.c1ccccc1. The summed E-state index contributed by atoms with van der Waals surface area (Å²) >= 11 is 0. The molecule has 0 saturated carbocycles. The molecule has 0 spiro atoms. The van der Waals surface area contributed by atoms with E-state index in [1.165, 1.54) is 12.3 Å². The van der Waals surface area contributed by atoms with Gasteiger partial charge < -0.3 is 0 Å². The van der Waals surface area contributed by atoms with Gasteiger partial charge in [-0.3, -0.25) is 4.79 Å². The highest BCUT2D eigenvalue weighted by Crippen LogP contribution is 1.80. The van der Waals surface area contributed by atoms with Gasteiger partial charge in [0.15, 0.2) is 0 Å². The number of aromatic amines is 1. The van der Waals surface area contributed by atoms with E-state index >= 15 is 0 Å². The van der Waals surface area contributed by atoms with Crippen LogP contribution in [0.3, 0.4) is 0 Å². The van der Waals surface area contributed by atoms with Crippen LogP contribution in [0.15, 0.2) is 95.9 Å². The van der Waals surface area contributed by atoms with E-state index in [4.69, 9.17) is 0 Å². The second-order valence-electron chi connectivity index (χ2n) is 3.42. The minimum Gasteiger partial charge on any atom is -0.268 e. The van der Waals surface area contributed by atoms with Crippen molar-refractivity contribution in [1.29, 1.82) is 0 Å². The first-order valence-electron chi connectivity index (χ1n) is 5.89. The number of nitrogens with zero attached hydrogens (tertiary/aromatic N) is 1. The summed E-state index contributed by atoms with van der Waals surface area (Å²) in [7, 11) is 0. The maximum Gasteiger partial charge on any atom is 0.264 e. The van der Waals surface area contributed by atoms with Crippen molar-refractivity contribution < 1.29 is 0 Å². The standard InChI is InChI=1S/2C6H6.C4H4N2O/c2*1-2-4-6-5-3-1;7-4-2-1-3-5-6-4/h2*1-6H;1-3H,(H,6,7). The minimum atomic E-state index is -0.164. The normalized spacial score (nSPS) is 8.21. The zero-order valence-corrected chi connectivity index (χ0v) is 10.5. The maximum absolute atomic E-state index is 10.2. The Morgan fingerprint density at radius 3 is 1.16 bits per heavy atom. The highest BCUT2D eigenvalue weighted by Gasteiger charge is 1.70. The Morgan fingerprint density at radius 2 is 1.00 bits per heavy atom. The molecule has 1 N–H and O–H groups in total. The molecule has 96 valence electrons. The van der Waals surface area contributed by atoms with Crippen LogP contribution in [-0.4, -0.2) is 10.2 Å². The lowest BCUT2D eigenvalue weighted by atomic mass is 10.4. The molecule has 0 fully saturated rings. The van der Waals surface area contributed by atoms with E-state index in [0.717, 1.165) is 0 Å². The van der Waals surface area contributed by atoms with Gasteiger partial charge in [0.25, 0.3) is 5.56 Å². The Morgan fingerprint density at radius 1 is 0.632 bits per heavy atom. The molecular formula is C16H16N2O. The molecule has 0 aliphatic carbocycles. The van der Waals surface area contributed by atoms with Crippen molar-refractivity contribution >= 4 is 0 Å². The third kappa shape index (κ3) is 9.06. The molecule has 3 aromatic rings. The molecule has 3 heteroatoms. The van der Waals surface area contributed by atoms with Gasteiger partial charge >= 0.3 is 0 Å². The van der Waals surface area contributed by atoms with E-state index in [9.17, 15) is 4.79 Å². The van der Waals surface area contributed by atoms with E-state index in [1.807, 2.05) is 72.8 Å². The molecule has 0 aliphatic rings. The van der Waals surface area contributed by atoms with E-state index < -0.39 is 0 Å². The van der Waals surface area contributed by atoms with Crippen LogP contribution in [0.25, 0.3) is 0 Å². The highest BCUT2D eigenvalue weighted by atomic mass is 16.1. The number of aromatic nitrogens is 2. The molecule has 3 nitrogen and oxygen atoms in total.